The minimum absolute atomic E-state index is 0. The molecule has 0 aromatic heterocycles. The van der Waals surface area contributed by atoms with Gasteiger partial charge >= 0.3 is 0 Å². The van der Waals surface area contributed by atoms with Gasteiger partial charge < -0.3 is 15.4 Å². The molecule has 1 saturated heterocycles. The van der Waals surface area contributed by atoms with E-state index in [1.807, 2.05) is 55.5 Å². The van der Waals surface area contributed by atoms with Gasteiger partial charge in [0.2, 0.25) is 5.91 Å². The first kappa shape index (κ1) is 18.3. The number of benzene rings is 2. The van der Waals surface area contributed by atoms with Gasteiger partial charge in [-0.2, -0.15) is 0 Å². The number of hydrogen-bond donors (Lipinski definition) is 2. The summed E-state index contributed by atoms with van der Waals surface area (Å²) in [4.78, 5) is 12.2. The zero-order valence-electron chi connectivity index (χ0n) is 13.7. The van der Waals surface area contributed by atoms with E-state index in [4.69, 9.17) is 4.74 Å². The minimum Gasteiger partial charge on any atom is -0.457 e. The van der Waals surface area contributed by atoms with Crippen LogP contribution in [0.3, 0.4) is 0 Å². The number of rotatable bonds is 4. The second-order valence-electron chi connectivity index (χ2n) is 5.96. The van der Waals surface area contributed by atoms with Crippen LogP contribution in [0.25, 0.3) is 0 Å². The summed E-state index contributed by atoms with van der Waals surface area (Å²) >= 11 is 0. The van der Waals surface area contributed by atoms with Crippen molar-refractivity contribution in [3.05, 3.63) is 54.1 Å². The maximum Gasteiger partial charge on any atom is 0.227 e. The van der Waals surface area contributed by atoms with Gasteiger partial charge in [-0.25, -0.2) is 0 Å². The molecule has 0 radical (unpaired) electrons. The molecule has 1 heterocycles. The quantitative estimate of drug-likeness (QED) is 0.874. The number of ether oxygens (including phenoxy) is 1. The van der Waals surface area contributed by atoms with Gasteiger partial charge in [0.15, 0.2) is 0 Å². The van der Waals surface area contributed by atoms with Crippen LogP contribution in [0.1, 0.15) is 18.4 Å². The summed E-state index contributed by atoms with van der Waals surface area (Å²) in [6, 6.07) is 15.4. The molecule has 0 spiro atoms. The highest BCUT2D eigenvalue weighted by Crippen LogP contribution is 2.24. The third-order valence-corrected chi connectivity index (χ3v) is 4.06. The van der Waals surface area contributed by atoms with Crippen LogP contribution in [-0.4, -0.2) is 19.0 Å². The summed E-state index contributed by atoms with van der Waals surface area (Å²) in [5.41, 5.74) is 1.97. The predicted molar refractivity (Wildman–Crippen MR) is 99.2 cm³/mol. The Labute approximate surface area is 149 Å². The maximum atomic E-state index is 12.2. The van der Waals surface area contributed by atoms with Crippen molar-refractivity contribution < 1.29 is 9.53 Å². The molecule has 128 valence electrons. The van der Waals surface area contributed by atoms with Crippen molar-refractivity contribution in [1.82, 2.24) is 5.32 Å². The molecule has 2 aromatic carbocycles. The number of carbonyl (C=O) groups excluding carboxylic acids is 1. The van der Waals surface area contributed by atoms with Crippen molar-refractivity contribution >= 4 is 24.0 Å². The van der Waals surface area contributed by atoms with Crippen molar-refractivity contribution in [3.63, 3.8) is 0 Å². The molecule has 0 aliphatic carbocycles. The van der Waals surface area contributed by atoms with Crippen LogP contribution in [0, 0.1) is 12.8 Å². The van der Waals surface area contributed by atoms with Gasteiger partial charge in [0.25, 0.3) is 0 Å². The van der Waals surface area contributed by atoms with Crippen LogP contribution in [0.15, 0.2) is 48.5 Å². The van der Waals surface area contributed by atoms with Gasteiger partial charge in [-0.15, -0.1) is 12.4 Å². The lowest BCUT2D eigenvalue weighted by Crippen LogP contribution is -2.34. The normalized spacial score (nSPS) is 14.5. The summed E-state index contributed by atoms with van der Waals surface area (Å²) in [6.45, 7) is 3.87. The van der Waals surface area contributed by atoms with Gasteiger partial charge in [0.05, 0.1) is 0 Å². The first-order valence-corrected chi connectivity index (χ1v) is 8.07. The third kappa shape index (κ3) is 4.98. The van der Waals surface area contributed by atoms with Crippen LogP contribution in [-0.2, 0) is 4.79 Å². The van der Waals surface area contributed by atoms with E-state index in [2.05, 4.69) is 10.6 Å². The summed E-state index contributed by atoms with van der Waals surface area (Å²) in [6.07, 6.45) is 1.81. The highest BCUT2D eigenvalue weighted by molar-refractivity contribution is 5.92. The lowest BCUT2D eigenvalue weighted by molar-refractivity contribution is -0.120. The Bertz CT molecular complexity index is 667. The fourth-order valence-corrected chi connectivity index (χ4v) is 2.75. The van der Waals surface area contributed by atoms with Gasteiger partial charge in [-0.3, -0.25) is 4.79 Å². The van der Waals surface area contributed by atoms with Crippen molar-refractivity contribution in [3.8, 4) is 11.5 Å². The van der Waals surface area contributed by atoms with E-state index in [9.17, 15) is 4.79 Å². The summed E-state index contributed by atoms with van der Waals surface area (Å²) in [7, 11) is 0. The zero-order valence-corrected chi connectivity index (χ0v) is 14.6. The highest BCUT2D eigenvalue weighted by atomic mass is 35.5. The molecule has 24 heavy (non-hydrogen) atoms. The number of amides is 1. The predicted octanol–water partition coefficient (Wildman–Crippen LogP) is 4.15. The maximum absolute atomic E-state index is 12.2. The van der Waals surface area contributed by atoms with E-state index in [1.165, 1.54) is 0 Å². The smallest absolute Gasteiger partial charge is 0.227 e. The number of halogens is 1. The standard InChI is InChI=1S/C19H22N2O2.ClH/c1-14-3-2-4-18(13-14)23-17-7-5-16(6-8-17)21-19(22)15-9-11-20-12-10-15;/h2-8,13,15,20H,9-12H2,1H3,(H,21,22);1H. The summed E-state index contributed by atoms with van der Waals surface area (Å²) in [5, 5.41) is 6.26. The number of piperidine rings is 1. The average Bonchev–Trinajstić information content (AvgIpc) is 2.57. The fourth-order valence-electron chi connectivity index (χ4n) is 2.75. The van der Waals surface area contributed by atoms with Crippen LogP contribution in [0.5, 0.6) is 11.5 Å². The van der Waals surface area contributed by atoms with Crippen LogP contribution in [0.4, 0.5) is 5.69 Å². The summed E-state index contributed by atoms with van der Waals surface area (Å²) in [5.74, 6) is 1.80. The van der Waals surface area contributed by atoms with E-state index in [0.29, 0.717) is 0 Å². The lowest BCUT2D eigenvalue weighted by atomic mass is 9.97. The third-order valence-electron chi connectivity index (χ3n) is 4.06. The van der Waals surface area contributed by atoms with Crippen LogP contribution in [0.2, 0.25) is 0 Å². The van der Waals surface area contributed by atoms with Crippen molar-refractivity contribution in [2.75, 3.05) is 18.4 Å². The number of hydrogen-bond acceptors (Lipinski definition) is 3. The number of anilines is 1. The molecule has 4 nitrogen and oxygen atoms in total. The monoisotopic (exact) mass is 346 g/mol. The lowest BCUT2D eigenvalue weighted by Gasteiger charge is -2.21. The van der Waals surface area contributed by atoms with E-state index in [0.717, 1.165) is 48.7 Å². The van der Waals surface area contributed by atoms with Crippen molar-refractivity contribution in [2.45, 2.75) is 19.8 Å². The second kappa shape index (κ2) is 8.71. The molecular weight excluding hydrogens is 324 g/mol. The first-order chi connectivity index (χ1) is 11.2. The fraction of sp³-hybridized carbons (Fsp3) is 0.316. The number of nitrogens with one attached hydrogen (secondary N) is 2. The molecule has 0 saturated carbocycles. The molecule has 0 unspecified atom stereocenters. The largest absolute Gasteiger partial charge is 0.457 e. The molecule has 1 fully saturated rings. The highest BCUT2D eigenvalue weighted by Gasteiger charge is 2.20. The van der Waals surface area contributed by atoms with E-state index >= 15 is 0 Å². The van der Waals surface area contributed by atoms with E-state index in [-0.39, 0.29) is 24.2 Å². The van der Waals surface area contributed by atoms with Crippen molar-refractivity contribution in [2.24, 2.45) is 5.92 Å². The summed E-state index contributed by atoms with van der Waals surface area (Å²) < 4.78 is 5.81. The molecule has 2 aromatic rings. The Balaban J connectivity index is 0.00000208. The molecule has 1 aliphatic rings. The molecule has 2 N–H and O–H groups in total. The zero-order chi connectivity index (χ0) is 16.1. The van der Waals surface area contributed by atoms with Crippen LogP contribution >= 0.6 is 12.4 Å². The number of carbonyl (C=O) groups is 1. The molecular formula is C19H23ClN2O2. The Hall–Kier alpha value is -2.04. The Morgan fingerprint density at radius 2 is 1.79 bits per heavy atom. The molecule has 1 amide bonds. The first-order valence-electron chi connectivity index (χ1n) is 8.07. The topological polar surface area (TPSA) is 50.4 Å². The van der Waals surface area contributed by atoms with Gasteiger partial charge in [0, 0.05) is 11.6 Å². The van der Waals surface area contributed by atoms with Gasteiger partial charge in [-0.1, -0.05) is 12.1 Å². The van der Waals surface area contributed by atoms with E-state index in [1.54, 1.807) is 0 Å². The Kier molecular flexibility index (Phi) is 6.64. The molecule has 0 bridgehead atoms. The van der Waals surface area contributed by atoms with E-state index < -0.39 is 0 Å². The van der Waals surface area contributed by atoms with Gasteiger partial charge in [-0.05, 0) is 74.8 Å². The molecule has 5 heteroatoms. The SMILES string of the molecule is Cc1cccc(Oc2ccc(NC(=O)C3CCNCC3)cc2)c1.Cl. The van der Waals surface area contributed by atoms with Gasteiger partial charge in [0.1, 0.15) is 11.5 Å². The van der Waals surface area contributed by atoms with Crippen LogP contribution < -0.4 is 15.4 Å². The second-order valence-corrected chi connectivity index (χ2v) is 5.96. The molecule has 0 atom stereocenters. The Morgan fingerprint density at radius 1 is 1.08 bits per heavy atom. The van der Waals surface area contributed by atoms with Crippen molar-refractivity contribution in [1.29, 1.82) is 0 Å². The molecule has 3 rings (SSSR count). The Morgan fingerprint density at radius 3 is 2.46 bits per heavy atom. The molecule has 1 aliphatic heterocycles. The average molecular weight is 347 g/mol. The minimum atomic E-state index is 0. The number of aryl methyl sites for hydroxylation is 1.